The second-order valence-corrected chi connectivity index (χ2v) is 5.93. The van der Waals surface area contributed by atoms with Gasteiger partial charge < -0.3 is 29.7 Å². The Morgan fingerprint density at radius 1 is 0.471 bits per heavy atom. The van der Waals surface area contributed by atoms with Gasteiger partial charge in [0.2, 0.25) is 0 Å². The van der Waals surface area contributed by atoms with E-state index in [0.29, 0.717) is 16.7 Å². The van der Waals surface area contributed by atoms with Crippen LogP contribution in [0.4, 0.5) is 0 Å². The second kappa shape index (κ2) is 15.0. The van der Waals surface area contributed by atoms with Crippen molar-refractivity contribution in [2.45, 2.75) is 0 Å². The average molecular weight is 465 g/mol. The van der Waals surface area contributed by atoms with Crippen LogP contribution in [0.5, 0.6) is 0 Å². The molecule has 9 nitrogen and oxygen atoms in total. The molecule has 0 bridgehead atoms. The summed E-state index contributed by atoms with van der Waals surface area (Å²) < 4.78 is 0. The number of nitrogens with zero attached hydrogens (tertiary/aromatic N) is 3. The Kier molecular flexibility index (Phi) is 12.8. The third-order valence-electron chi connectivity index (χ3n) is 3.75. The fraction of sp³-hybridized carbons (Fsp3) is 0. The van der Waals surface area contributed by atoms with Crippen LogP contribution in [0.1, 0.15) is 47.8 Å². The number of nitriles is 3. The Hall–Kier alpha value is -4.93. The van der Waals surface area contributed by atoms with Crippen LogP contribution in [-0.4, -0.2) is 35.3 Å². The molecule has 10 heteroatoms. The Morgan fingerprint density at radius 3 is 0.765 bits per heavy atom. The van der Waals surface area contributed by atoms with E-state index in [2.05, 4.69) is 0 Å². The zero-order valence-electron chi connectivity index (χ0n) is 17.3. The largest absolute Gasteiger partial charge is 3.00 e. The molecule has 162 valence electrons. The molecule has 0 N–H and O–H groups in total. The Balaban J connectivity index is 0.000000473. The van der Waals surface area contributed by atoms with Gasteiger partial charge in [-0.25, -0.2) is 0 Å². The van der Waals surface area contributed by atoms with E-state index in [1.165, 1.54) is 72.8 Å². The summed E-state index contributed by atoms with van der Waals surface area (Å²) in [4.78, 5) is 30.6. The van der Waals surface area contributed by atoms with Crippen molar-refractivity contribution in [3.05, 3.63) is 106 Å². The first kappa shape index (κ1) is 29.1. The predicted molar refractivity (Wildman–Crippen MR) is 112 cm³/mol. The van der Waals surface area contributed by atoms with Crippen molar-refractivity contribution in [2.24, 2.45) is 0 Å². The topological polar surface area (TPSA) is 192 Å². The standard InChI is InChI=1S/3C8H5NO2.Al/c3*9-5-6-1-3-7(4-2-6)8(10)11;/h3*1-4H,(H,10,11);/q;;;+3/p-3. The molecule has 0 aliphatic heterocycles. The van der Waals surface area contributed by atoms with Gasteiger partial charge in [0.15, 0.2) is 0 Å². The molecule has 0 unspecified atom stereocenters. The molecule has 0 aliphatic rings. The van der Waals surface area contributed by atoms with Crippen LogP contribution >= 0.6 is 0 Å². The number of carboxylic acid groups (broad SMARTS) is 3. The number of rotatable bonds is 3. The van der Waals surface area contributed by atoms with Gasteiger partial charge in [0.1, 0.15) is 0 Å². The van der Waals surface area contributed by atoms with Gasteiger partial charge in [-0.05, 0) is 53.1 Å². The molecule has 0 heterocycles. The van der Waals surface area contributed by atoms with Crippen LogP contribution in [-0.2, 0) is 0 Å². The van der Waals surface area contributed by atoms with Gasteiger partial charge in [-0.1, -0.05) is 36.4 Å². The maximum absolute atomic E-state index is 10.2. The zero-order valence-corrected chi connectivity index (χ0v) is 18.5. The molecule has 0 amide bonds. The quantitative estimate of drug-likeness (QED) is 0.454. The number of benzene rings is 3. The van der Waals surface area contributed by atoms with Crippen molar-refractivity contribution < 1.29 is 29.7 Å². The van der Waals surface area contributed by atoms with E-state index >= 15 is 0 Å². The summed E-state index contributed by atoms with van der Waals surface area (Å²) in [6, 6.07) is 22.3. The first-order valence-corrected chi connectivity index (χ1v) is 8.86. The van der Waals surface area contributed by atoms with Gasteiger partial charge in [0.05, 0.1) is 52.8 Å². The molecule has 0 atom stereocenters. The third-order valence-corrected chi connectivity index (χ3v) is 3.75. The molecule has 0 saturated heterocycles. The Morgan fingerprint density at radius 2 is 0.647 bits per heavy atom. The summed E-state index contributed by atoms with van der Waals surface area (Å²) in [6.07, 6.45) is 0. The molecule has 0 aliphatic carbocycles. The van der Waals surface area contributed by atoms with E-state index in [1.54, 1.807) is 0 Å². The minimum absolute atomic E-state index is 0. The summed E-state index contributed by atoms with van der Waals surface area (Å²) in [5.41, 5.74) is 1.58. The molecule has 3 aromatic rings. The Bertz CT molecular complexity index is 1090. The van der Waals surface area contributed by atoms with Crippen LogP contribution in [0.15, 0.2) is 72.8 Å². The van der Waals surface area contributed by atoms with Gasteiger partial charge in [-0.3, -0.25) is 0 Å². The number of hydrogen-bond donors (Lipinski definition) is 0. The van der Waals surface area contributed by atoms with E-state index in [1.807, 2.05) is 18.2 Å². The molecular weight excluding hydrogens is 453 g/mol. The summed E-state index contributed by atoms with van der Waals surface area (Å²) in [5, 5.41) is 55.7. The first-order valence-electron chi connectivity index (χ1n) is 8.86. The fourth-order valence-corrected chi connectivity index (χ4v) is 2.04. The third kappa shape index (κ3) is 9.92. The normalized spacial score (nSPS) is 8.38. The van der Waals surface area contributed by atoms with Crippen molar-refractivity contribution in [1.82, 2.24) is 0 Å². The molecule has 34 heavy (non-hydrogen) atoms. The number of aromatic carboxylic acids is 3. The van der Waals surface area contributed by atoms with Crippen LogP contribution < -0.4 is 15.3 Å². The van der Waals surface area contributed by atoms with Gasteiger partial charge >= 0.3 is 17.4 Å². The minimum atomic E-state index is -1.23. The van der Waals surface area contributed by atoms with Gasteiger partial charge in [-0.2, -0.15) is 15.8 Å². The fourth-order valence-electron chi connectivity index (χ4n) is 2.04. The molecule has 0 fully saturated rings. The number of carbonyl (C=O) groups excluding carboxylic acids is 3. The monoisotopic (exact) mass is 465 g/mol. The second-order valence-electron chi connectivity index (χ2n) is 5.93. The summed E-state index contributed by atoms with van der Waals surface area (Å²) >= 11 is 0. The van der Waals surface area contributed by atoms with Crippen LogP contribution in [0.2, 0.25) is 0 Å². The molecule has 0 radical (unpaired) electrons. The molecule has 3 aromatic carbocycles. The van der Waals surface area contributed by atoms with Crippen molar-refractivity contribution in [3.8, 4) is 18.2 Å². The van der Waals surface area contributed by atoms with Crippen LogP contribution in [0, 0.1) is 34.0 Å². The molecule has 0 aromatic heterocycles. The maximum atomic E-state index is 10.2. The average Bonchev–Trinajstić information content (AvgIpc) is 2.84. The van der Waals surface area contributed by atoms with E-state index in [-0.39, 0.29) is 34.1 Å². The summed E-state index contributed by atoms with van der Waals surface area (Å²) in [6.45, 7) is 0. The molecule has 3 rings (SSSR count). The summed E-state index contributed by atoms with van der Waals surface area (Å²) in [5.74, 6) is -3.68. The first-order chi connectivity index (χ1) is 15.7. The van der Waals surface area contributed by atoms with E-state index in [9.17, 15) is 29.7 Å². The van der Waals surface area contributed by atoms with Crippen molar-refractivity contribution in [3.63, 3.8) is 0 Å². The number of carboxylic acids is 3. The maximum Gasteiger partial charge on any atom is 3.00 e. The molecule has 0 spiro atoms. The Labute approximate surface area is 205 Å². The summed E-state index contributed by atoms with van der Waals surface area (Å²) in [7, 11) is 0. The molecule has 0 saturated carbocycles. The van der Waals surface area contributed by atoms with E-state index < -0.39 is 17.9 Å². The minimum Gasteiger partial charge on any atom is -0.545 e. The van der Waals surface area contributed by atoms with Gasteiger partial charge in [0, 0.05) is 0 Å². The van der Waals surface area contributed by atoms with Gasteiger partial charge in [0.25, 0.3) is 0 Å². The number of carbonyl (C=O) groups is 3. The molecular formula is C24H12AlN3O6. The SMILES string of the molecule is N#Cc1ccc(C(=O)[O-])cc1.N#Cc1ccc(C(=O)[O-])cc1.N#Cc1ccc(C(=O)[O-])cc1.[Al+3]. The van der Waals surface area contributed by atoms with E-state index in [0.717, 1.165) is 0 Å². The van der Waals surface area contributed by atoms with Crippen LogP contribution in [0.3, 0.4) is 0 Å². The van der Waals surface area contributed by atoms with Crippen molar-refractivity contribution >= 4 is 35.3 Å². The van der Waals surface area contributed by atoms with Crippen molar-refractivity contribution in [2.75, 3.05) is 0 Å². The van der Waals surface area contributed by atoms with Gasteiger partial charge in [-0.15, -0.1) is 0 Å². The number of hydrogen-bond acceptors (Lipinski definition) is 9. The van der Waals surface area contributed by atoms with Crippen LogP contribution in [0.25, 0.3) is 0 Å². The smallest absolute Gasteiger partial charge is 0.545 e. The zero-order chi connectivity index (χ0) is 24.8. The predicted octanol–water partition coefficient (Wildman–Crippen LogP) is -0.615. The van der Waals surface area contributed by atoms with E-state index in [4.69, 9.17) is 15.8 Å². The van der Waals surface area contributed by atoms with Crippen molar-refractivity contribution in [1.29, 1.82) is 15.8 Å².